The van der Waals surface area contributed by atoms with Gasteiger partial charge in [-0.05, 0) is 42.5 Å². The lowest BCUT2D eigenvalue weighted by Crippen LogP contribution is -2.25. The third kappa shape index (κ3) is 2.64. The highest BCUT2D eigenvalue weighted by molar-refractivity contribution is 7.13. The Labute approximate surface area is 134 Å². The minimum absolute atomic E-state index is 0.0780. The summed E-state index contributed by atoms with van der Waals surface area (Å²) in [4.78, 5) is 19.4. The molecule has 0 unspecified atom stereocenters. The highest BCUT2D eigenvalue weighted by Crippen LogP contribution is 2.29. The zero-order chi connectivity index (χ0) is 15.9. The molecule has 0 spiro atoms. The average Bonchev–Trinajstić information content (AvgIpc) is 3.03. The SMILES string of the molecule is Cc1csc(-c2cnc3c(C)cn(CC(=O)N(C)C)c3c2)c1. The monoisotopic (exact) mass is 313 g/mol. The van der Waals surface area contributed by atoms with Crippen LogP contribution >= 0.6 is 11.3 Å². The molecule has 3 aromatic rings. The van der Waals surface area contributed by atoms with Gasteiger partial charge in [-0.2, -0.15) is 0 Å². The van der Waals surface area contributed by atoms with Crippen LogP contribution in [0.3, 0.4) is 0 Å². The lowest BCUT2D eigenvalue weighted by molar-refractivity contribution is -0.129. The first kappa shape index (κ1) is 14.8. The van der Waals surface area contributed by atoms with Crippen LogP contribution < -0.4 is 0 Å². The van der Waals surface area contributed by atoms with Crippen molar-refractivity contribution < 1.29 is 4.79 Å². The first-order valence-electron chi connectivity index (χ1n) is 7.17. The van der Waals surface area contributed by atoms with Crippen LogP contribution in [0.15, 0.2) is 29.9 Å². The van der Waals surface area contributed by atoms with Crippen LogP contribution in [-0.4, -0.2) is 34.5 Å². The largest absolute Gasteiger partial charge is 0.347 e. The van der Waals surface area contributed by atoms with E-state index in [1.165, 1.54) is 10.4 Å². The predicted octanol–water partition coefficient (Wildman–Crippen LogP) is 3.47. The van der Waals surface area contributed by atoms with Gasteiger partial charge in [0.05, 0.1) is 11.0 Å². The molecule has 3 aromatic heterocycles. The van der Waals surface area contributed by atoms with Crippen LogP contribution in [0.4, 0.5) is 0 Å². The van der Waals surface area contributed by atoms with Crippen molar-refractivity contribution in [3.63, 3.8) is 0 Å². The normalized spacial score (nSPS) is 11.1. The molecule has 0 saturated heterocycles. The minimum atomic E-state index is 0.0780. The first-order chi connectivity index (χ1) is 10.5. The van der Waals surface area contributed by atoms with Gasteiger partial charge in [-0.25, -0.2) is 0 Å². The molecule has 0 aromatic carbocycles. The number of aryl methyl sites for hydroxylation is 2. The van der Waals surface area contributed by atoms with Crippen LogP contribution in [0.25, 0.3) is 21.5 Å². The van der Waals surface area contributed by atoms with E-state index in [-0.39, 0.29) is 5.91 Å². The Balaban J connectivity index is 2.08. The summed E-state index contributed by atoms with van der Waals surface area (Å²) < 4.78 is 1.99. The quantitative estimate of drug-likeness (QED) is 0.742. The number of aromatic nitrogens is 2. The van der Waals surface area contributed by atoms with Crippen molar-refractivity contribution in [3.05, 3.63) is 41.0 Å². The molecule has 114 valence electrons. The second-order valence-electron chi connectivity index (χ2n) is 5.81. The highest BCUT2D eigenvalue weighted by atomic mass is 32.1. The molecule has 3 heterocycles. The van der Waals surface area contributed by atoms with Gasteiger partial charge in [-0.1, -0.05) is 0 Å². The Morgan fingerprint density at radius 2 is 2.09 bits per heavy atom. The molecule has 0 atom stereocenters. The smallest absolute Gasteiger partial charge is 0.241 e. The van der Waals surface area contributed by atoms with E-state index in [0.29, 0.717) is 6.54 Å². The molecule has 22 heavy (non-hydrogen) atoms. The van der Waals surface area contributed by atoms with Crippen LogP contribution in [-0.2, 0) is 11.3 Å². The number of hydrogen-bond donors (Lipinski definition) is 0. The van der Waals surface area contributed by atoms with E-state index in [2.05, 4.69) is 29.4 Å². The van der Waals surface area contributed by atoms with E-state index in [0.717, 1.165) is 22.2 Å². The molecule has 0 N–H and O–H groups in total. The molecule has 0 fully saturated rings. The van der Waals surface area contributed by atoms with Gasteiger partial charge in [0.2, 0.25) is 5.91 Å². The average molecular weight is 313 g/mol. The van der Waals surface area contributed by atoms with Gasteiger partial charge in [-0.3, -0.25) is 9.78 Å². The maximum atomic E-state index is 12.0. The number of carbonyl (C=O) groups excluding carboxylic acids is 1. The molecule has 0 aliphatic carbocycles. The van der Waals surface area contributed by atoms with Gasteiger partial charge in [0, 0.05) is 36.9 Å². The molecule has 0 aliphatic rings. The maximum Gasteiger partial charge on any atom is 0.241 e. The van der Waals surface area contributed by atoms with Crippen molar-refractivity contribution >= 4 is 28.3 Å². The summed E-state index contributed by atoms with van der Waals surface area (Å²) in [6.45, 7) is 4.46. The Morgan fingerprint density at radius 3 is 2.73 bits per heavy atom. The van der Waals surface area contributed by atoms with Crippen LogP contribution in [0, 0.1) is 13.8 Å². The molecule has 1 amide bonds. The van der Waals surface area contributed by atoms with E-state index in [9.17, 15) is 4.79 Å². The van der Waals surface area contributed by atoms with Crippen molar-refractivity contribution in [1.82, 2.24) is 14.5 Å². The third-order valence-corrected chi connectivity index (χ3v) is 4.82. The van der Waals surface area contributed by atoms with E-state index in [1.807, 2.05) is 23.9 Å². The van der Waals surface area contributed by atoms with Crippen molar-refractivity contribution in [1.29, 1.82) is 0 Å². The number of amides is 1. The summed E-state index contributed by atoms with van der Waals surface area (Å²) >= 11 is 1.72. The maximum absolute atomic E-state index is 12.0. The second kappa shape index (κ2) is 5.57. The first-order valence-corrected chi connectivity index (χ1v) is 8.05. The Morgan fingerprint density at radius 1 is 1.32 bits per heavy atom. The summed E-state index contributed by atoms with van der Waals surface area (Å²) in [5, 5.41) is 2.14. The number of likely N-dealkylation sites (N-methyl/N-ethyl adjacent to an activating group) is 1. The molecular formula is C17H19N3OS. The number of nitrogens with zero attached hydrogens (tertiary/aromatic N) is 3. The molecular weight excluding hydrogens is 294 g/mol. The van der Waals surface area contributed by atoms with Crippen LogP contribution in [0.2, 0.25) is 0 Å². The van der Waals surface area contributed by atoms with Crippen molar-refractivity contribution in [2.24, 2.45) is 0 Å². The van der Waals surface area contributed by atoms with Crippen LogP contribution in [0.1, 0.15) is 11.1 Å². The predicted molar refractivity (Wildman–Crippen MR) is 91.2 cm³/mol. The van der Waals surface area contributed by atoms with E-state index in [1.54, 1.807) is 30.3 Å². The van der Waals surface area contributed by atoms with Crippen molar-refractivity contribution in [3.8, 4) is 10.4 Å². The van der Waals surface area contributed by atoms with Crippen molar-refractivity contribution in [2.45, 2.75) is 20.4 Å². The number of pyridine rings is 1. The van der Waals surface area contributed by atoms with Crippen LogP contribution in [0.5, 0.6) is 0 Å². The van der Waals surface area contributed by atoms with Gasteiger partial charge in [0.15, 0.2) is 0 Å². The summed E-state index contributed by atoms with van der Waals surface area (Å²) in [6, 6.07) is 4.29. The van der Waals surface area contributed by atoms with E-state index >= 15 is 0 Å². The molecule has 0 radical (unpaired) electrons. The summed E-state index contributed by atoms with van der Waals surface area (Å²) in [5.74, 6) is 0.0780. The fourth-order valence-electron chi connectivity index (χ4n) is 2.48. The number of rotatable bonds is 3. The zero-order valence-corrected chi connectivity index (χ0v) is 14.1. The highest BCUT2D eigenvalue weighted by Gasteiger charge is 2.13. The third-order valence-electron chi connectivity index (χ3n) is 3.72. The number of hydrogen-bond acceptors (Lipinski definition) is 3. The molecule has 5 heteroatoms. The second-order valence-corrected chi connectivity index (χ2v) is 6.72. The summed E-state index contributed by atoms with van der Waals surface area (Å²) in [6.07, 6.45) is 3.92. The zero-order valence-electron chi connectivity index (χ0n) is 13.3. The minimum Gasteiger partial charge on any atom is -0.347 e. The standard InChI is InChI=1S/C17H19N3OS/c1-11-5-15(22-10-11)13-6-14-17(18-7-13)12(2)8-20(14)9-16(21)19(3)4/h5-8,10H,9H2,1-4H3. The molecule has 0 bridgehead atoms. The van der Waals surface area contributed by atoms with Gasteiger partial charge >= 0.3 is 0 Å². The van der Waals surface area contributed by atoms with Gasteiger partial charge in [-0.15, -0.1) is 11.3 Å². The van der Waals surface area contributed by atoms with Gasteiger partial charge in [0.1, 0.15) is 6.54 Å². The van der Waals surface area contributed by atoms with Crippen molar-refractivity contribution in [2.75, 3.05) is 14.1 Å². The lowest BCUT2D eigenvalue weighted by Gasteiger charge is -2.11. The fraction of sp³-hybridized carbons (Fsp3) is 0.294. The molecule has 0 aliphatic heterocycles. The Bertz CT molecular complexity index is 845. The topological polar surface area (TPSA) is 38.1 Å². The Hall–Kier alpha value is -2.14. The fourth-order valence-corrected chi connectivity index (χ4v) is 3.36. The molecule has 0 saturated carbocycles. The summed E-state index contributed by atoms with van der Waals surface area (Å²) in [7, 11) is 3.55. The molecule has 4 nitrogen and oxygen atoms in total. The number of thiophene rings is 1. The van der Waals surface area contributed by atoms with Gasteiger partial charge in [0.25, 0.3) is 0 Å². The number of carbonyl (C=O) groups is 1. The summed E-state index contributed by atoms with van der Waals surface area (Å²) in [5.41, 5.74) is 5.42. The van der Waals surface area contributed by atoms with E-state index < -0.39 is 0 Å². The molecule has 3 rings (SSSR count). The van der Waals surface area contributed by atoms with Gasteiger partial charge < -0.3 is 9.47 Å². The lowest BCUT2D eigenvalue weighted by atomic mass is 10.2. The number of fused-ring (bicyclic) bond motifs is 1. The van der Waals surface area contributed by atoms with E-state index in [4.69, 9.17) is 0 Å². The Kier molecular flexibility index (Phi) is 3.74.